The van der Waals surface area contributed by atoms with Crippen molar-refractivity contribution in [3.05, 3.63) is 114 Å². The van der Waals surface area contributed by atoms with Crippen molar-refractivity contribution in [3.8, 4) is 51.7 Å². The summed E-state index contributed by atoms with van der Waals surface area (Å²) in [6.45, 7) is 0.301. The molecule has 1 fully saturated rings. The van der Waals surface area contributed by atoms with Crippen LogP contribution in [0.3, 0.4) is 0 Å². The molecule has 1 aromatic heterocycles. The Morgan fingerprint density at radius 1 is 0.968 bits per heavy atom. The van der Waals surface area contributed by atoms with Gasteiger partial charge in [0.25, 0.3) is 0 Å². The molecular weight excluding hydrogens is 815 g/mol. The van der Waals surface area contributed by atoms with Crippen molar-refractivity contribution in [2.24, 2.45) is 5.73 Å². The van der Waals surface area contributed by atoms with Crippen molar-refractivity contribution in [1.29, 1.82) is 0 Å². The third kappa shape index (κ3) is 6.76. The van der Waals surface area contributed by atoms with Gasteiger partial charge in [-0.05, 0) is 41.6 Å². The first-order valence-electron chi connectivity index (χ1n) is 20.5. The molecule has 1 spiro atoms. The first-order chi connectivity index (χ1) is 30.6. The molecule has 0 radical (unpaired) electrons. The molecular formula is C47H43N3O13. The Morgan fingerprint density at radius 2 is 1.78 bits per heavy atom. The highest BCUT2D eigenvalue weighted by molar-refractivity contribution is 5.97. The van der Waals surface area contributed by atoms with Crippen LogP contribution in [0, 0.1) is 11.8 Å². The average Bonchev–Trinajstić information content (AvgIpc) is 3.89. The third-order valence-electron chi connectivity index (χ3n) is 12.3. The molecule has 11 unspecified atom stereocenters. The normalized spacial score (nSPS) is 29.9. The maximum absolute atomic E-state index is 12.7. The van der Waals surface area contributed by atoms with E-state index in [9.17, 15) is 30.0 Å². The molecule has 4 bridgehead atoms. The molecule has 4 aromatic carbocycles. The molecule has 0 saturated carbocycles. The summed E-state index contributed by atoms with van der Waals surface area (Å²) in [6.07, 6.45) is -7.58. The van der Waals surface area contributed by atoms with Gasteiger partial charge in [0, 0.05) is 46.3 Å². The third-order valence-corrected chi connectivity index (χ3v) is 12.3. The number of carbonyl (C=O) groups excluding carboxylic acids is 1. The predicted molar refractivity (Wildman–Crippen MR) is 223 cm³/mol. The van der Waals surface area contributed by atoms with Crippen LogP contribution >= 0.6 is 0 Å². The van der Waals surface area contributed by atoms with Gasteiger partial charge in [0.15, 0.2) is 23.2 Å². The van der Waals surface area contributed by atoms with E-state index in [1.165, 1.54) is 12.3 Å². The minimum Gasteiger partial charge on any atom is -0.493 e. The van der Waals surface area contributed by atoms with E-state index < -0.39 is 84.9 Å². The van der Waals surface area contributed by atoms with E-state index in [1.807, 2.05) is 72.9 Å². The van der Waals surface area contributed by atoms with Crippen LogP contribution in [0.5, 0.6) is 28.7 Å². The number of hydrogen-bond acceptors (Lipinski definition) is 14. The zero-order chi connectivity index (χ0) is 43.6. The maximum atomic E-state index is 12.7. The highest BCUT2D eigenvalue weighted by atomic mass is 16.7. The van der Waals surface area contributed by atoms with Crippen LogP contribution in [0.15, 0.2) is 97.3 Å². The Balaban J connectivity index is 1.13. The lowest BCUT2D eigenvalue weighted by Gasteiger charge is -2.52. The van der Waals surface area contributed by atoms with Gasteiger partial charge in [0.05, 0.1) is 25.6 Å². The number of para-hydroxylation sites is 1. The summed E-state index contributed by atoms with van der Waals surface area (Å²) in [6, 6.07) is 24.9. The number of esters is 1. The minimum atomic E-state index is -2.11. The number of aromatic nitrogens is 1. The summed E-state index contributed by atoms with van der Waals surface area (Å²) in [5.41, 5.74) is 8.97. The molecule has 5 aliphatic rings. The van der Waals surface area contributed by atoms with Crippen LogP contribution in [0.2, 0.25) is 0 Å². The summed E-state index contributed by atoms with van der Waals surface area (Å²) in [4.78, 5) is 27.4. The fourth-order valence-electron chi connectivity index (χ4n) is 9.45. The Kier molecular flexibility index (Phi) is 10.2. The number of carbonyl (C=O) groups is 2. The average molecular weight is 858 g/mol. The predicted octanol–water partition coefficient (Wildman–Crippen LogP) is 3.74. The molecule has 0 aliphatic carbocycles. The van der Waals surface area contributed by atoms with Gasteiger partial charge >= 0.3 is 11.9 Å². The van der Waals surface area contributed by atoms with Crippen molar-refractivity contribution in [2.45, 2.75) is 79.4 Å². The molecule has 10 rings (SSSR count). The zero-order valence-corrected chi connectivity index (χ0v) is 33.7. The fraction of sp³-hybridized carbons (Fsp3) is 0.319. The lowest BCUT2D eigenvalue weighted by Crippen LogP contribution is -2.74. The second-order valence-corrected chi connectivity index (χ2v) is 16.0. The van der Waals surface area contributed by atoms with Gasteiger partial charge in [-0.2, -0.15) is 0 Å². The number of H-pyrrole nitrogens is 1. The highest BCUT2D eigenvalue weighted by Gasteiger charge is 2.61. The van der Waals surface area contributed by atoms with E-state index in [4.69, 9.17) is 38.9 Å². The Labute approximate surface area is 360 Å². The summed E-state index contributed by atoms with van der Waals surface area (Å²) in [5.74, 6) is 5.38. The Hall–Kier alpha value is -6.74. The highest BCUT2D eigenvalue weighted by Crippen LogP contribution is 2.62. The van der Waals surface area contributed by atoms with Gasteiger partial charge in [-0.3, -0.25) is 9.59 Å². The summed E-state index contributed by atoms with van der Waals surface area (Å²) in [7, 11) is 1.58. The number of nitrogens with one attached hydrogen (secondary N) is 2. The number of carboxylic acids is 1. The van der Waals surface area contributed by atoms with Crippen LogP contribution in [-0.4, -0.2) is 99.6 Å². The van der Waals surface area contributed by atoms with E-state index in [1.54, 1.807) is 19.2 Å². The van der Waals surface area contributed by atoms with Crippen molar-refractivity contribution in [1.82, 2.24) is 10.3 Å². The smallest absolute Gasteiger partial charge is 0.317 e. The molecule has 0 amide bonds. The number of ether oxygens (including phenoxy) is 7. The number of aliphatic hydroxyl groups excluding tert-OH is 3. The zero-order valence-electron chi connectivity index (χ0n) is 33.7. The van der Waals surface area contributed by atoms with E-state index >= 15 is 0 Å². The van der Waals surface area contributed by atoms with Crippen molar-refractivity contribution < 1.29 is 63.2 Å². The number of benzene rings is 4. The van der Waals surface area contributed by atoms with Crippen LogP contribution in [0.4, 0.5) is 0 Å². The number of rotatable bonds is 8. The largest absolute Gasteiger partial charge is 0.493 e. The second kappa shape index (κ2) is 15.9. The number of carboxylic acid groups (broad SMARTS) is 1. The first kappa shape index (κ1) is 40.3. The van der Waals surface area contributed by atoms with E-state index in [-0.39, 0.29) is 5.75 Å². The van der Waals surface area contributed by atoms with Gasteiger partial charge in [-0.25, -0.2) is 0 Å². The quantitative estimate of drug-likeness (QED) is 0.0670. The number of aromatic amines is 1. The van der Waals surface area contributed by atoms with Gasteiger partial charge in [-0.1, -0.05) is 66.4 Å². The topological polar surface area (TPSA) is 234 Å². The number of methoxy groups -OCH3 is 1. The molecule has 8 N–H and O–H groups in total. The lowest BCUT2D eigenvalue weighted by molar-refractivity contribution is -0.321. The first-order valence-corrected chi connectivity index (χ1v) is 20.5. The Bertz CT molecular complexity index is 2690. The second-order valence-electron chi connectivity index (χ2n) is 16.0. The number of nitrogens with two attached hydrogens (primary N) is 1. The molecule has 5 aliphatic heterocycles. The van der Waals surface area contributed by atoms with Gasteiger partial charge < -0.3 is 69.6 Å². The van der Waals surface area contributed by atoms with Crippen LogP contribution in [0.1, 0.15) is 47.5 Å². The molecule has 16 nitrogen and oxygen atoms in total. The van der Waals surface area contributed by atoms with Crippen LogP contribution in [-0.2, 0) is 19.1 Å². The molecule has 6 heterocycles. The van der Waals surface area contributed by atoms with Crippen molar-refractivity contribution in [3.63, 3.8) is 0 Å². The summed E-state index contributed by atoms with van der Waals surface area (Å²) < 4.78 is 44.7. The van der Waals surface area contributed by atoms with Crippen molar-refractivity contribution >= 4 is 22.8 Å². The SMILES string of the molecule is COc1ccc2c3c1OCCC#CC(c1ccccc1)C1Oc4cc(OC5OC6(C=CNC(N)C6OC(=O)CC(=O)O)C(O)C(O)C5O)cc(-c5c[nH]c6ccccc56)c4C(O3)C21. The molecule has 1 saturated heterocycles. The number of fused-ring (bicyclic) bond motifs is 3. The molecule has 63 heavy (non-hydrogen) atoms. The van der Waals surface area contributed by atoms with Crippen LogP contribution < -0.4 is 34.7 Å². The van der Waals surface area contributed by atoms with Gasteiger partial charge in [0.2, 0.25) is 12.0 Å². The summed E-state index contributed by atoms with van der Waals surface area (Å²) in [5, 5.41) is 47.2. The van der Waals surface area contributed by atoms with Gasteiger partial charge in [-0.15, -0.1) is 0 Å². The standard InChI is InChI=1S/C47H43N3O13/c1-57-31-15-14-27-36-39-25(23-9-3-2-4-10-23)11-7-8-18-58-41(31)40(27)62-42(36)35-28(29-22-50-30-13-6-5-12-26(29)30)19-24(20-32(35)60-39)59-46-38(55)37(54)43(56)47(63-46)16-17-49-45(48)44(47)61-34(53)21-33(51)52/h2-6,9-10,12-17,19-20,22,25,36-39,42-46,49-50,54-56H,8,18,21,48H2,1H3,(H,51,52). The number of aliphatic carboxylic acids is 1. The van der Waals surface area contributed by atoms with E-state index in [0.29, 0.717) is 47.2 Å². The monoisotopic (exact) mass is 857 g/mol. The molecule has 16 heteroatoms. The Morgan fingerprint density at radius 3 is 2.59 bits per heavy atom. The minimum absolute atomic E-state index is 0.125. The molecule has 324 valence electrons. The van der Waals surface area contributed by atoms with E-state index in [2.05, 4.69) is 22.1 Å². The molecule has 11 atom stereocenters. The lowest BCUT2D eigenvalue weighted by atomic mass is 9.75. The van der Waals surface area contributed by atoms with E-state index in [0.717, 1.165) is 27.6 Å². The number of aliphatic hydroxyl groups is 3. The maximum Gasteiger partial charge on any atom is 0.317 e. The van der Waals surface area contributed by atoms with Gasteiger partial charge in [0.1, 0.15) is 54.6 Å². The van der Waals surface area contributed by atoms with Crippen LogP contribution in [0.25, 0.3) is 22.0 Å². The van der Waals surface area contributed by atoms with Crippen molar-refractivity contribution in [2.75, 3.05) is 13.7 Å². The fourth-order valence-corrected chi connectivity index (χ4v) is 9.45. The summed E-state index contributed by atoms with van der Waals surface area (Å²) >= 11 is 0. The molecule has 5 aromatic rings. The number of hydrogen-bond donors (Lipinski definition) is 7.